The largest absolute Gasteiger partial charge is 0.507 e. The Kier molecular flexibility index (Phi) is 6.46. The zero-order chi connectivity index (χ0) is 23.3. The summed E-state index contributed by atoms with van der Waals surface area (Å²) in [5.41, 5.74) is 5.53. The van der Waals surface area contributed by atoms with Gasteiger partial charge in [-0.05, 0) is 46.5 Å². The minimum atomic E-state index is -0.327. The number of aromatic hydroxyl groups is 2. The summed E-state index contributed by atoms with van der Waals surface area (Å²) in [6.45, 7) is 4.31. The minimum Gasteiger partial charge on any atom is -0.507 e. The van der Waals surface area contributed by atoms with Crippen molar-refractivity contribution in [3.8, 4) is 11.5 Å². The van der Waals surface area contributed by atoms with Crippen molar-refractivity contribution >= 4 is 24.3 Å². The molecule has 2 heteroatoms. The standard InChI is InChI=1S/C31H28O2/c1-31(2,27-17-19-29(32)25(21-27)15-13-23-9-5-3-6-10-23)28-18-20-30(33)26(22-28)16-14-24-11-7-4-8-12-24/h3-22,32-33H,1-2H3/b15-13+,16-14+. The fourth-order valence-corrected chi connectivity index (χ4v) is 3.82. The average Bonchev–Trinajstić information content (AvgIpc) is 2.84. The quantitative estimate of drug-likeness (QED) is 0.306. The fraction of sp³-hybridized carbons (Fsp3) is 0.0968. The van der Waals surface area contributed by atoms with Gasteiger partial charge in [0.1, 0.15) is 11.5 Å². The Morgan fingerprint density at radius 3 is 1.30 bits per heavy atom. The second-order valence-electron chi connectivity index (χ2n) is 8.66. The molecule has 0 saturated carbocycles. The van der Waals surface area contributed by atoms with E-state index in [0.717, 1.165) is 33.4 Å². The molecule has 0 aliphatic rings. The average molecular weight is 433 g/mol. The second-order valence-corrected chi connectivity index (χ2v) is 8.66. The molecule has 0 atom stereocenters. The second kappa shape index (κ2) is 9.62. The molecule has 0 fully saturated rings. The summed E-state index contributed by atoms with van der Waals surface area (Å²) in [5, 5.41) is 20.8. The van der Waals surface area contributed by atoms with E-state index in [0.29, 0.717) is 0 Å². The van der Waals surface area contributed by atoms with Gasteiger partial charge in [0.05, 0.1) is 0 Å². The highest BCUT2D eigenvalue weighted by molar-refractivity contribution is 5.74. The predicted molar refractivity (Wildman–Crippen MR) is 139 cm³/mol. The van der Waals surface area contributed by atoms with Crippen LogP contribution in [0.4, 0.5) is 0 Å². The Morgan fingerprint density at radius 2 is 0.909 bits per heavy atom. The number of phenols is 2. The maximum absolute atomic E-state index is 10.4. The number of phenolic OH excluding ortho intramolecular Hbond substituents is 2. The van der Waals surface area contributed by atoms with E-state index in [1.165, 1.54) is 0 Å². The molecule has 0 heterocycles. The molecular weight excluding hydrogens is 404 g/mol. The molecule has 0 amide bonds. The van der Waals surface area contributed by atoms with Gasteiger partial charge in [0.15, 0.2) is 0 Å². The minimum absolute atomic E-state index is 0.249. The molecule has 0 bridgehead atoms. The van der Waals surface area contributed by atoms with E-state index >= 15 is 0 Å². The molecular formula is C31H28O2. The van der Waals surface area contributed by atoms with Crippen LogP contribution in [0, 0.1) is 0 Å². The van der Waals surface area contributed by atoms with Crippen molar-refractivity contribution in [1.82, 2.24) is 0 Å². The smallest absolute Gasteiger partial charge is 0.122 e. The Hall–Kier alpha value is -4.04. The summed E-state index contributed by atoms with van der Waals surface area (Å²) < 4.78 is 0. The highest BCUT2D eigenvalue weighted by Crippen LogP contribution is 2.36. The normalized spacial score (nSPS) is 11.9. The van der Waals surface area contributed by atoms with Gasteiger partial charge in [-0.15, -0.1) is 0 Å². The SMILES string of the molecule is CC(C)(c1ccc(O)c(/C=C/c2ccccc2)c1)c1ccc(O)c(/C=C/c2ccccc2)c1. The Morgan fingerprint density at radius 1 is 0.515 bits per heavy atom. The first-order chi connectivity index (χ1) is 15.9. The molecule has 2 nitrogen and oxygen atoms in total. The lowest BCUT2D eigenvalue weighted by molar-refractivity contribution is 0.472. The van der Waals surface area contributed by atoms with Gasteiger partial charge in [-0.2, -0.15) is 0 Å². The van der Waals surface area contributed by atoms with Crippen LogP contribution in [0.5, 0.6) is 11.5 Å². The first kappa shape index (κ1) is 22.2. The van der Waals surface area contributed by atoms with Crippen LogP contribution in [0.25, 0.3) is 24.3 Å². The molecule has 4 rings (SSSR count). The van der Waals surface area contributed by atoms with E-state index in [1.54, 1.807) is 12.1 Å². The summed E-state index contributed by atoms with van der Waals surface area (Å²) in [7, 11) is 0. The number of hydrogen-bond acceptors (Lipinski definition) is 2. The van der Waals surface area contributed by atoms with Crippen LogP contribution < -0.4 is 0 Å². The van der Waals surface area contributed by atoms with Gasteiger partial charge in [0.25, 0.3) is 0 Å². The number of hydrogen-bond donors (Lipinski definition) is 2. The summed E-state index contributed by atoms with van der Waals surface area (Å²) in [5.74, 6) is 0.498. The molecule has 0 saturated heterocycles. The van der Waals surface area contributed by atoms with E-state index in [2.05, 4.69) is 13.8 Å². The van der Waals surface area contributed by atoms with E-state index < -0.39 is 0 Å². The van der Waals surface area contributed by atoms with Crippen LogP contribution in [-0.4, -0.2) is 10.2 Å². The summed E-state index contributed by atoms with van der Waals surface area (Å²) >= 11 is 0. The van der Waals surface area contributed by atoms with Crippen molar-refractivity contribution in [2.24, 2.45) is 0 Å². The number of rotatable bonds is 6. The highest BCUT2D eigenvalue weighted by atomic mass is 16.3. The molecule has 0 aliphatic carbocycles. The van der Waals surface area contributed by atoms with Crippen LogP contribution in [-0.2, 0) is 5.41 Å². The Balaban J connectivity index is 1.65. The van der Waals surface area contributed by atoms with Gasteiger partial charge in [-0.25, -0.2) is 0 Å². The van der Waals surface area contributed by atoms with Crippen LogP contribution in [0.2, 0.25) is 0 Å². The van der Waals surface area contributed by atoms with E-state index in [1.807, 2.05) is 109 Å². The van der Waals surface area contributed by atoms with E-state index in [4.69, 9.17) is 0 Å². The molecule has 2 N–H and O–H groups in total. The van der Waals surface area contributed by atoms with Gasteiger partial charge in [0.2, 0.25) is 0 Å². The topological polar surface area (TPSA) is 40.5 Å². The van der Waals surface area contributed by atoms with Crippen LogP contribution in [0.15, 0.2) is 97.1 Å². The maximum Gasteiger partial charge on any atom is 0.122 e. The zero-order valence-corrected chi connectivity index (χ0v) is 18.9. The molecule has 0 unspecified atom stereocenters. The molecule has 33 heavy (non-hydrogen) atoms. The third kappa shape index (κ3) is 5.24. The molecule has 4 aromatic rings. The Bertz CT molecular complexity index is 1180. The van der Waals surface area contributed by atoms with Crippen LogP contribution >= 0.6 is 0 Å². The van der Waals surface area contributed by atoms with Crippen molar-refractivity contribution in [2.45, 2.75) is 19.3 Å². The Labute approximate surface area is 195 Å². The molecule has 0 radical (unpaired) electrons. The lowest BCUT2D eigenvalue weighted by atomic mass is 9.77. The first-order valence-corrected chi connectivity index (χ1v) is 11.1. The molecule has 0 aromatic heterocycles. The van der Waals surface area contributed by atoms with Crippen molar-refractivity contribution in [1.29, 1.82) is 0 Å². The summed E-state index contributed by atoms with van der Waals surface area (Å²) in [6.07, 6.45) is 7.88. The summed E-state index contributed by atoms with van der Waals surface area (Å²) in [6, 6.07) is 31.5. The maximum atomic E-state index is 10.4. The van der Waals surface area contributed by atoms with Crippen LogP contribution in [0.1, 0.15) is 47.2 Å². The van der Waals surface area contributed by atoms with Gasteiger partial charge in [-0.1, -0.05) is 111 Å². The van der Waals surface area contributed by atoms with E-state index in [-0.39, 0.29) is 16.9 Å². The lowest BCUT2D eigenvalue weighted by Gasteiger charge is -2.27. The zero-order valence-electron chi connectivity index (χ0n) is 18.9. The summed E-state index contributed by atoms with van der Waals surface area (Å²) in [4.78, 5) is 0. The fourth-order valence-electron chi connectivity index (χ4n) is 3.82. The molecule has 0 spiro atoms. The van der Waals surface area contributed by atoms with Gasteiger partial charge >= 0.3 is 0 Å². The van der Waals surface area contributed by atoms with E-state index in [9.17, 15) is 10.2 Å². The lowest BCUT2D eigenvalue weighted by Crippen LogP contribution is -2.19. The van der Waals surface area contributed by atoms with Crippen molar-refractivity contribution < 1.29 is 10.2 Å². The monoisotopic (exact) mass is 432 g/mol. The van der Waals surface area contributed by atoms with Gasteiger partial charge in [-0.3, -0.25) is 0 Å². The van der Waals surface area contributed by atoms with Crippen molar-refractivity contribution in [3.63, 3.8) is 0 Å². The first-order valence-electron chi connectivity index (χ1n) is 11.1. The number of benzene rings is 4. The molecule has 164 valence electrons. The van der Waals surface area contributed by atoms with Crippen molar-refractivity contribution in [2.75, 3.05) is 0 Å². The predicted octanol–water partition coefficient (Wildman–Crippen LogP) is 7.76. The van der Waals surface area contributed by atoms with Crippen LogP contribution in [0.3, 0.4) is 0 Å². The van der Waals surface area contributed by atoms with Crippen molar-refractivity contribution in [3.05, 3.63) is 130 Å². The molecule has 4 aromatic carbocycles. The third-order valence-electron chi connectivity index (χ3n) is 6.01. The third-order valence-corrected chi connectivity index (χ3v) is 6.01. The van der Waals surface area contributed by atoms with Gasteiger partial charge < -0.3 is 10.2 Å². The van der Waals surface area contributed by atoms with Gasteiger partial charge in [0, 0.05) is 16.5 Å². The highest BCUT2D eigenvalue weighted by Gasteiger charge is 2.24. The molecule has 0 aliphatic heterocycles.